The Morgan fingerprint density at radius 2 is 2.06 bits per heavy atom. The average molecular weight is 258 g/mol. The highest BCUT2D eigenvalue weighted by Gasteiger charge is 2.02. The second-order valence-electron chi connectivity index (χ2n) is 3.76. The lowest BCUT2D eigenvalue weighted by molar-refractivity contribution is 0.101. The quantitative estimate of drug-likeness (QED) is 0.727. The molecule has 0 unspecified atom stereocenters. The third kappa shape index (κ3) is 5.39. The summed E-state index contributed by atoms with van der Waals surface area (Å²) in [5.41, 5.74) is 1.15. The van der Waals surface area contributed by atoms with Crippen LogP contribution in [-0.4, -0.2) is 26.9 Å². The maximum atomic E-state index is 6.11. The van der Waals surface area contributed by atoms with Gasteiger partial charge in [0.15, 0.2) is 0 Å². The Balaban J connectivity index is 2.38. The van der Waals surface area contributed by atoms with Gasteiger partial charge in [-0.25, -0.2) is 0 Å². The van der Waals surface area contributed by atoms with Gasteiger partial charge >= 0.3 is 0 Å². The van der Waals surface area contributed by atoms with Gasteiger partial charge in [-0.05, 0) is 31.2 Å². The van der Waals surface area contributed by atoms with Crippen LogP contribution in [0.25, 0.3) is 0 Å². The van der Waals surface area contributed by atoms with Gasteiger partial charge in [-0.2, -0.15) is 0 Å². The highest BCUT2D eigenvalue weighted by Crippen LogP contribution is 2.25. The van der Waals surface area contributed by atoms with Crippen LogP contribution >= 0.6 is 11.6 Å². The normalized spacial score (nSPS) is 10.5. The molecule has 0 radical (unpaired) electrons. The second kappa shape index (κ2) is 8.34. The van der Waals surface area contributed by atoms with Gasteiger partial charge in [0.1, 0.15) is 12.4 Å². The van der Waals surface area contributed by atoms with Gasteiger partial charge in [-0.3, -0.25) is 0 Å². The van der Waals surface area contributed by atoms with Crippen LogP contribution in [-0.2, 0) is 11.3 Å². The molecule has 1 rings (SSSR count). The Morgan fingerprint density at radius 3 is 2.71 bits per heavy atom. The molecule has 0 fully saturated rings. The molecule has 0 saturated heterocycles. The Hall–Kier alpha value is -0.770. The van der Waals surface area contributed by atoms with Crippen molar-refractivity contribution >= 4 is 11.6 Å². The molecule has 0 spiro atoms. The molecule has 0 aliphatic carbocycles. The predicted octanol–water partition coefficient (Wildman–Crippen LogP) is 2.86. The zero-order chi connectivity index (χ0) is 12.5. The fourth-order valence-corrected chi connectivity index (χ4v) is 1.69. The van der Waals surface area contributed by atoms with E-state index >= 15 is 0 Å². The summed E-state index contributed by atoms with van der Waals surface area (Å²) in [6.45, 7) is 4.80. The minimum absolute atomic E-state index is 0.533. The van der Waals surface area contributed by atoms with E-state index < -0.39 is 0 Å². The van der Waals surface area contributed by atoms with Crippen molar-refractivity contribution in [2.45, 2.75) is 19.9 Å². The summed E-state index contributed by atoms with van der Waals surface area (Å²) in [5, 5.41) is 3.72. The first-order chi connectivity index (χ1) is 8.27. The number of rotatable bonds is 8. The zero-order valence-corrected chi connectivity index (χ0v) is 11.2. The zero-order valence-electron chi connectivity index (χ0n) is 10.5. The second-order valence-corrected chi connectivity index (χ2v) is 4.16. The van der Waals surface area contributed by atoms with Crippen LogP contribution in [0.1, 0.15) is 18.9 Å². The third-order valence-electron chi connectivity index (χ3n) is 2.21. The molecule has 0 aromatic heterocycles. The van der Waals surface area contributed by atoms with Crippen LogP contribution in [0.3, 0.4) is 0 Å². The van der Waals surface area contributed by atoms with E-state index in [1.54, 1.807) is 0 Å². The van der Waals surface area contributed by atoms with Crippen molar-refractivity contribution in [2.75, 3.05) is 26.9 Å². The first-order valence-electron chi connectivity index (χ1n) is 5.91. The fraction of sp³-hybridized carbons (Fsp3) is 0.538. The van der Waals surface area contributed by atoms with E-state index in [1.807, 2.05) is 25.2 Å². The smallest absolute Gasteiger partial charge is 0.138 e. The molecule has 3 nitrogen and oxygen atoms in total. The lowest BCUT2D eigenvalue weighted by Gasteiger charge is -2.09. The molecule has 0 aliphatic heterocycles. The van der Waals surface area contributed by atoms with Crippen molar-refractivity contribution in [1.82, 2.24) is 5.32 Å². The highest BCUT2D eigenvalue weighted by atomic mass is 35.5. The lowest BCUT2D eigenvalue weighted by Crippen LogP contribution is -2.08. The molecule has 0 atom stereocenters. The first-order valence-corrected chi connectivity index (χ1v) is 6.29. The van der Waals surface area contributed by atoms with Crippen LogP contribution in [0.5, 0.6) is 5.75 Å². The van der Waals surface area contributed by atoms with E-state index in [9.17, 15) is 0 Å². The summed E-state index contributed by atoms with van der Waals surface area (Å²) in [6, 6.07) is 5.82. The Labute approximate surface area is 108 Å². The minimum Gasteiger partial charge on any atom is -0.490 e. The highest BCUT2D eigenvalue weighted by molar-refractivity contribution is 6.32. The van der Waals surface area contributed by atoms with Gasteiger partial charge in [-0.1, -0.05) is 24.6 Å². The molecule has 4 heteroatoms. The molecule has 17 heavy (non-hydrogen) atoms. The van der Waals surface area contributed by atoms with E-state index in [2.05, 4.69) is 12.2 Å². The van der Waals surface area contributed by atoms with Crippen molar-refractivity contribution in [3.8, 4) is 5.75 Å². The van der Waals surface area contributed by atoms with E-state index in [0.717, 1.165) is 25.1 Å². The minimum atomic E-state index is 0.533. The molecule has 0 amide bonds. The van der Waals surface area contributed by atoms with E-state index in [0.29, 0.717) is 24.0 Å². The maximum Gasteiger partial charge on any atom is 0.138 e. The van der Waals surface area contributed by atoms with E-state index in [-0.39, 0.29) is 0 Å². The van der Waals surface area contributed by atoms with Crippen molar-refractivity contribution in [3.63, 3.8) is 0 Å². The molecule has 1 aromatic rings. The standard InChI is InChI=1S/C13H20ClNO2/c1-3-6-16-7-8-17-13-5-4-11(10-15-2)9-12(13)14/h4-5,9,15H,3,6-8,10H2,1-2H3. The van der Waals surface area contributed by atoms with Crippen molar-refractivity contribution < 1.29 is 9.47 Å². The summed E-state index contributed by atoms with van der Waals surface area (Å²) >= 11 is 6.11. The summed E-state index contributed by atoms with van der Waals surface area (Å²) < 4.78 is 10.9. The topological polar surface area (TPSA) is 30.5 Å². The molecule has 0 aliphatic rings. The van der Waals surface area contributed by atoms with Gasteiger partial charge in [0.2, 0.25) is 0 Å². The van der Waals surface area contributed by atoms with Crippen LogP contribution in [0, 0.1) is 0 Å². The molecular weight excluding hydrogens is 238 g/mol. The Bertz CT molecular complexity index is 331. The summed E-state index contributed by atoms with van der Waals surface area (Å²) in [6.07, 6.45) is 1.03. The first kappa shape index (κ1) is 14.3. The van der Waals surface area contributed by atoms with Gasteiger partial charge in [0.25, 0.3) is 0 Å². The number of ether oxygens (including phenoxy) is 2. The number of hydrogen-bond donors (Lipinski definition) is 1. The number of halogens is 1. The van der Waals surface area contributed by atoms with Gasteiger partial charge in [0.05, 0.1) is 11.6 Å². The van der Waals surface area contributed by atoms with Crippen LogP contribution < -0.4 is 10.1 Å². The SMILES string of the molecule is CCCOCCOc1ccc(CNC)cc1Cl. The average Bonchev–Trinajstić information content (AvgIpc) is 2.32. The fourth-order valence-electron chi connectivity index (χ4n) is 1.43. The van der Waals surface area contributed by atoms with Crippen LogP contribution in [0.2, 0.25) is 5.02 Å². The summed E-state index contributed by atoms with van der Waals surface area (Å²) in [5.74, 6) is 0.714. The number of benzene rings is 1. The van der Waals surface area contributed by atoms with Crippen molar-refractivity contribution in [1.29, 1.82) is 0 Å². The molecule has 96 valence electrons. The van der Waals surface area contributed by atoms with Crippen molar-refractivity contribution in [3.05, 3.63) is 28.8 Å². The lowest BCUT2D eigenvalue weighted by atomic mass is 10.2. The molecule has 0 bridgehead atoms. The monoisotopic (exact) mass is 257 g/mol. The van der Waals surface area contributed by atoms with Crippen LogP contribution in [0.15, 0.2) is 18.2 Å². The van der Waals surface area contributed by atoms with Gasteiger partial charge in [0, 0.05) is 13.2 Å². The largest absolute Gasteiger partial charge is 0.490 e. The predicted molar refractivity (Wildman–Crippen MR) is 70.8 cm³/mol. The third-order valence-corrected chi connectivity index (χ3v) is 2.51. The molecule has 1 N–H and O–H groups in total. The summed E-state index contributed by atoms with van der Waals surface area (Å²) in [4.78, 5) is 0. The number of nitrogens with one attached hydrogen (secondary N) is 1. The molecule has 0 saturated carbocycles. The van der Waals surface area contributed by atoms with Crippen molar-refractivity contribution in [2.24, 2.45) is 0 Å². The number of hydrogen-bond acceptors (Lipinski definition) is 3. The maximum absolute atomic E-state index is 6.11. The summed E-state index contributed by atoms with van der Waals surface area (Å²) in [7, 11) is 1.91. The van der Waals surface area contributed by atoms with Gasteiger partial charge < -0.3 is 14.8 Å². The van der Waals surface area contributed by atoms with Gasteiger partial charge in [-0.15, -0.1) is 0 Å². The Morgan fingerprint density at radius 1 is 1.24 bits per heavy atom. The molecular formula is C13H20ClNO2. The Kier molecular flexibility index (Phi) is 7.01. The van der Waals surface area contributed by atoms with Crippen LogP contribution in [0.4, 0.5) is 0 Å². The van der Waals surface area contributed by atoms with E-state index in [1.165, 1.54) is 0 Å². The molecule has 1 aromatic carbocycles. The molecule has 0 heterocycles. The van der Waals surface area contributed by atoms with E-state index in [4.69, 9.17) is 21.1 Å².